The maximum atomic E-state index is 12.1. The highest BCUT2D eigenvalue weighted by molar-refractivity contribution is 9.10. The lowest BCUT2D eigenvalue weighted by atomic mass is 10.0. The molecule has 2 rings (SSSR count). The third-order valence-corrected chi connectivity index (χ3v) is 4.28. The van der Waals surface area contributed by atoms with E-state index in [2.05, 4.69) is 26.6 Å². The van der Waals surface area contributed by atoms with Gasteiger partial charge < -0.3 is 10.6 Å². The van der Waals surface area contributed by atoms with E-state index in [1.807, 2.05) is 13.0 Å². The molecule has 1 atom stereocenters. The summed E-state index contributed by atoms with van der Waals surface area (Å²) in [5.74, 6) is -0.123. The molecule has 0 aliphatic carbocycles. The van der Waals surface area contributed by atoms with Gasteiger partial charge in [0.15, 0.2) is 0 Å². The average Bonchev–Trinajstić information content (AvgIpc) is 2.68. The fourth-order valence-electron chi connectivity index (χ4n) is 1.94. The van der Waals surface area contributed by atoms with Crippen LogP contribution in [0.25, 0.3) is 0 Å². The van der Waals surface area contributed by atoms with E-state index in [0.29, 0.717) is 10.6 Å². The summed E-state index contributed by atoms with van der Waals surface area (Å²) in [7, 11) is 0. The molecule has 1 aliphatic heterocycles. The second-order valence-electron chi connectivity index (χ2n) is 4.54. The highest BCUT2D eigenvalue weighted by atomic mass is 79.9. The Hall–Kier alpha value is -0.580. The minimum absolute atomic E-state index is 0.123. The van der Waals surface area contributed by atoms with Gasteiger partial charge in [-0.05, 0) is 48.0 Å². The zero-order valence-corrected chi connectivity index (χ0v) is 11.9. The molecule has 0 bridgehead atoms. The molecule has 0 spiro atoms. The van der Waals surface area contributed by atoms with Crippen molar-refractivity contribution in [3.05, 3.63) is 33.3 Å². The molecule has 3 nitrogen and oxygen atoms in total. The van der Waals surface area contributed by atoms with Crippen molar-refractivity contribution in [2.24, 2.45) is 0 Å². The quantitative estimate of drug-likeness (QED) is 0.880. The molecule has 1 aromatic carbocycles. The molecule has 1 unspecified atom stereocenters. The van der Waals surface area contributed by atoms with E-state index in [1.165, 1.54) is 0 Å². The molecule has 1 fully saturated rings. The summed E-state index contributed by atoms with van der Waals surface area (Å²) < 4.78 is 0.738. The van der Waals surface area contributed by atoms with E-state index in [-0.39, 0.29) is 11.4 Å². The number of halogens is 2. The maximum Gasteiger partial charge on any atom is 0.253 e. The monoisotopic (exact) mass is 316 g/mol. The van der Waals surface area contributed by atoms with Gasteiger partial charge in [0.1, 0.15) is 0 Å². The number of amides is 1. The zero-order chi connectivity index (χ0) is 12.5. The van der Waals surface area contributed by atoms with Crippen molar-refractivity contribution < 1.29 is 4.79 Å². The van der Waals surface area contributed by atoms with Crippen LogP contribution in [0.5, 0.6) is 0 Å². The van der Waals surface area contributed by atoms with Gasteiger partial charge in [-0.25, -0.2) is 0 Å². The van der Waals surface area contributed by atoms with Crippen molar-refractivity contribution in [1.29, 1.82) is 0 Å². The van der Waals surface area contributed by atoms with Crippen LogP contribution in [0.3, 0.4) is 0 Å². The van der Waals surface area contributed by atoms with Crippen LogP contribution < -0.4 is 10.6 Å². The normalized spacial score (nSPS) is 23.7. The largest absolute Gasteiger partial charge is 0.346 e. The topological polar surface area (TPSA) is 41.1 Å². The molecule has 1 aromatic rings. The van der Waals surface area contributed by atoms with Crippen LogP contribution >= 0.6 is 27.5 Å². The number of rotatable bonds is 2. The lowest BCUT2D eigenvalue weighted by Crippen LogP contribution is -2.47. The molecule has 1 amide bonds. The van der Waals surface area contributed by atoms with Crippen LogP contribution in [-0.2, 0) is 0 Å². The molecular weight excluding hydrogens is 304 g/mol. The highest BCUT2D eigenvalue weighted by Gasteiger charge is 2.30. The van der Waals surface area contributed by atoms with E-state index in [0.717, 1.165) is 24.0 Å². The molecule has 0 radical (unpaired) electrons. The van der Waals surface area contributed by atoms with E-state index in [4.69, 9.17) is 11.6 Å². The second kappa shape index (κ2) is 4.96. The van der Waals surface area contributed by atoms with Gasteiger partial charge in [-0.3, -0.25) is 4.79 Å². The van der Waals surface area contributed by atoms with Crippen LogP contribution in [0, 0.1) is 0 Å². The molecule has 2 N–H and O–H groups in total. The number of hydrogen-bond donors (Lipinski definition) is 2. The molecule has 17 heavy (non-hydrogen) atoms. The van der Waals surface area contributed by atoms with E-state index in [1.54, 1.807) is 12.1 Å². The average molecular weight is 318 g/mol. The first kappa shape index (κ1) is 12.9. The maximum absolute atomic E-state index is 12.1. The molecule has 5 heteroatoms. The highest BCUT2D eigenvalue weighted by Crippen LogP contribution is 2.26. The van der Waals surface area contributed by atoms with E-state index < -0.39 is 0 Å². The minimum atomic E-state index is -0.178. The lowest BCUT2D eigenvalue weighted by Gasteiger charge is -2.24. The van der Waals surface area contributed by atoms with Crippen molar-refractivity contribution in [2.75, 3.05) is 13.1 Å². The Morgan fingerprint density at radius 2 is 2.35 bits per heavy atom. The van der Waals surface area contributed by atoms with Gasteiger partial charge in [0, 0.05) is 11.0 Å². The number of carbonyl (C=O) groups excluding carboxylic acids is 1. The Labute approximate surface area is 114 Å². The first-order valence-corrected chi connectivity index (χ1v) is 6.66. The van der Waals surface area contributed by atoms with Gasteiger partial charge >= 0.3 is 0 Å². The predicted molar refractivity (Wildman–Crippen MR) is 72.5 cm³/mol. The fourth-order valence-corrected chi connectivity index (χ4v) is 2.52. The van der Waals surface area contributed by atoms with Crippen molar-refractivity contribution in [3.63, 3.8) is 0 Å². The van der Waals surface area contributed by atoms with Crippen LogP contribution in [0.4, 0.5) is 0 Å². The zero-order valence-electron chi connectivity index (χ0n) is 9.52. The van der Waals surface area contributed by atoms with Gasteiger partial charge in [-0.15, -0.1) is 0 Å². The van der Waals surface area contributed by atoms with Crippen LogP contribution in [0.15, 0.2) is 22.7 Å². The van der Waals surface area contributed by atoms with E-state index in [9.17, 15) is 4.79 Å². The summed E-state index contributed by atoms with van der Waals surface area (Å²) in [6.07, 6.45) is 0.935. The smallest absolute Gasteiger partial charge is 0.253 e. The summed E-state index contributed by atoms with van der Waals surface area (Å²) in [6.45, 7) is 3.77. The SMILES string of the molecule is CC1(NC(=O)c2cccc(Br)c2Cl)CCNC1. The van der Waals surface area contributed by atoms with Crippen LogP contribution in [-0.4, -0.2) is 24.5 Å². The van der Waals surface area contributed by atoms with Gasteiger partial charge in [-0.2, -0.15) is 0 Å². The van der Waals surface area contributed by atoms with Crippen molar-refractivity contribution >= 4 is 33.4 Å². The molecule has 92 valence electrons. The summed E-state index contributed by atoms with van der Waals surface area (Å²) in [4.78, 5) is 12.1. The summed E-state index contributed by atoms with van der Waals surface area (Å²) in [5, 5.41) is 6.73. The third-order valence-electron chi connectivity index (χ3n) is 2.98. The first-order valence-electron chi connectivity index (χ1n) is 5.49. The van der Waals surface area contributed by atoms with Gasteiger partial charge in [0.05, 0.1) is 16.1 Å². The fraction of sp³-hybridized carbons (Fsp3) is 0.417. The van der Waals surface area contributed by atoms with Gasteiger partial charge in [0.2, 0.25) is 0 Å². The predicted octanol–water partition coefficient (Wildman–Crippen LogP) is 2.58. The van der Waals surface area contributed by atoms with Crippen LogP contribution in [0.1, 0.15) is 23.7 Å². The number of nitrogens with one attached hydrogen (secondary N) is 2. The number of hydrogen-bond acceptors (Lipinski definition) is 2. The molecule has 1 aliphatic rings. The Kier molecular flexibility index (Phi) is 3.76. The summed E-state index contributed by atoms with van der Waals surface area (Å²) >= 11 is 9.41. The molecule has 1 saturated heterocycles. The Morgan fingerprint density at radius 3 is 3.00 bits per heavy atom. The lowest BCUT2D eigenvalue weighted by molar-refractivity contribution is 0.0913. The van der Waals surface area contributed by atoms with Gasteiger partial charge in [0.25, 0.3) is 5.91 Å². The standard InChI is InChI=1S/C12H14BrClN2O/c1-12(5-6-15-7-12)16-11(17)8-3-2-4-9(13)10(8)14/h2-4,15H,5-7H2,1H3,(H,16,17). The number of benzene rings is 1. The van der Waals surface area contributed by atoms with E-state index >= 15 is 0 Å². The van der Waals surface area contributed by atoms with Crippen molar-refractivity contribution in [3.8, 4) is 0 Å². The molecule has 0 aromatic heterocycles. The van der Waals surface area contributed by atoms with Crippen molar-refractivity contribution in [1.82, 2.24) is 10.6 Å². The minimum Gasteiger partial charge on any atom is -0.346 e. The summed E-state index contributed by atoms with van der Waals surface area (Å²) in [5.41, 5.74) is 0.331. The molecular formula is C12H14BrClN2O. The Bertz CT molecular complexity index is 444. The van der Waals surface area contributed by atoms with Crippen molar-refractivity contribution in [2.45, 2.75) is 18.9 Å². The third kappa shape index (κ3) is 2.81. The molecule has 1 heterocycles. The number of carbonyl (C=O) groups is 1. The second-order valence-corrected chi connectivity index (χ2v) is 5.78. The Balaban J connectivity index is 2.17. The Morgan fingerprint density at radius 1 is 1.59 bits per heavy atom. The van der Waals surface area contributed by atoms with Gasteiger partial charge in [-0.1, -0.05) is 17.7 Å². The summed E-state index contributed by atoms with van der Waals surface area (Å²) in [6, 6.07) is 5.35. The molecule has 0 saturated carbocycles. The van der Waals surface area contributed by atoms with Crippen LogP contribution in [0.2, 0.25) is 5.02 Å². The first-order chi connectivity index (χ1) is 8.02.